The van der Waals surface area contributed by atoms with Crippen LogP contribution in [0.25, 0.3) is 0 Å². The second-order valence-electron chi connectivity index (χ2n) is 7.69. The molecule has 1 atom stereocenters. The number of anilines is 1. The Balaban J connectivity index is 1.48. The van der Waals surface area contributed by atoms with Gasteiger partial charge in [0.05, 0.1) is 5.92 Å². The molecule has 2 fully saturated rings. The molecule has 2 aliphatic rings. The molecule has 0 unspecified atom stereocenters. The summed E-state index contributed by atoms with van der Waals surface area (Å²) in [6.45, 7) is 6.75. The van der Waals surface area contributed by atoms with E-state index in [1.54, 1.807) is 12.1 Å². The van der Waals surface area contributed by atoms with Crippen molar-refractivity contribution in [2.24, 2.45) is 5.92 Å². The summed E-state index contributed by atoms with van der Waals surface area (Å²) in [5, 5.41) is 2.71. The summed E-state index contributed by atoms with van der Waals surface area (Å²) in [6.07, 6.45) is -4.65. The van der Waals surface area contributed by atoms with Gasteiger partial charge >= 0.3 is 6.18 Å². The Labute approximate surface area is 168 Å². The summed E-state index contributed by atoms with van der Waals surface area (Å²) >= 11 is 0. The third-order valence-corrected chi connectivity index (χ3v) is 5.50. The molecule has 9 heteroatoms. The Hall–Kier alpha value is -2.13. The molecule has 0 saturated carbocycles. The van der Waals surface area contributed by atoms with E-state index in [4.69, 9.17) is 0 Å². The van der Waals surface area contributed by atoms with Crippen molar-refractivity contribution in [3.05, 3.63) is 29.8 Å². The number of nitrogens with zero attached hydrogens (tertiary/aromatic N) is 3. The number of carbonyl (C=O) groups excluding carboxylic acids is 2. The van der Waals surface area contributed by atoms with Crippen LogP contribution in [0.15, 0.2) is 24.3 Å². The summed E-state index contributed by atoms with van der Waals surface area (Å²) in [5.41, 5.74) is 1.72. The number of benzene rings is 1. The van der Waals surface area contributed by atoms with E-state index >= 15 is 0 Å². The van der Waals surface area contributed by atoms with Crippen LogP contribution in [0.1, 0.15) is 18.9 Å². The SMILES string of the molecule is CCN1CCN(Cc2ccc(NC(=O)[C@@H]3CC(=O)N(CC(F)(F)F)C3)cc2)CC1. The number of likely N-dealkylation sites (N-methyl/N-ethyl adjacent to an activating group) is 1. The van der Waals surface area contributed by atoms with Crippen LogP contribution >= 0.6 is 0 Å². The number of carbonyl (C=O) groups is 2. The molecular weight excluding hydrogens is 385 g/mol. The van der Waals surface area contributed by atoms with Crippen LogP contribution in [0.5, 0.6) is 0 Å². The quantitative estimate of drug-likeness (QED) is 0.778. The van der Waals surface area contributed by atoms with E-state index in [0.717, 1.165) is 44.8 Å². The lowest BCUT2D eigenvalue weighted by molar-refractivity contribution is -0.157. The van der Waals surface area contributed by atoms with Crippen molar-refractivity contribution in [2.75, 3.05) is 51.1 Å². The summed E-state index contributed by atoms with van der Waals surface area (Å²) < 4.78 is 37.5. The van der Waals surface area contributed by atoms with Crippen LogP contribution < -0.4 is 5.32 Å². The number of rotatable bonds is 6. The topological polar surface area (TPSA) is 55.9 Å². The zero-order valence-corrected chi connectivity index (χ0v) is 16.5. The first-order valence-corrected chi connectivity index (χ1v) is 9.92. The molecule has 1 aromatic carbocycles. The van der Waals surface area contributed by atoms with E-state index in [-0.39, 0.29) is 13.0 Å². The lowest BCUT2D eigenvalue weighted by atomic mass is 10.1. The minimum absolute atomic E-state index is 0.191. The molecule has 2 heterocycles. The Morgan fingerprint density at radius 3 is 2.31 bits per heavy atom. The van der Waals surface area contributed by atoms with Crippen LogP contribution in [0.3, 0.4) is 0 Å². The molecule has 0 bridgehead atoms. The van der Waals surface area contributed by atoms with Crippen LogP contribution in [-0.2, 0) is 16.1 Å². The summed E-state index contributed by atoms with van der Waals surface area (Å²) in [7, 11) is 0. The molecular formula is C20H27F3N4O2. The van der Waals surface area contributed by atoms with Crippen LogP contribution in [0, 0.1) is 5.92 Å². The van der Waals surface area contributed by atoms with Gasteiger partial charge in [0.1, 0.15) is 6.54 Å². The van der Waals surface area contributed by atoms with Gasteiger partial charge in [-0.1, -0.05) is 19.1 Å². The molecule has 0 spiro atoms. The molecule has 1 aromatic rings. The number of amides is 2. The Morgan fingerprint density at radius 2 is 1.72 bits per heavy atom. The van der Waals surface area contributed by atoms with Crippen molar-refractivity contribution in [3.63, 3.8) is 0 Å². The van der Waals surface area contributed by atoms with Crippen molar-refractivity contribution in [2.45, 2.75) is 26.1 Å². The molecule has 0 aliphatic carbocycles. The fourth-order valence-corrected chi connectivity index (χ4v) is 3.78. The lowest BCUT2D eigenvalue weighted by Gasteiger charge is -2.34. The highest BCUT2D eigenvalue weighted by Gasteiger charge is 2.40. The van der Waals surface area contributed by atoms with E-state index in [2.05, 4.69) is 22.0 Å². The van der Waals surface area contributed by atoms with Crippen molar-refractivity contribution >= 4 is 17.5 Å². The zero-order valence-electron chi connectivity index (χ0n) is 16.5. The average Bonchev–Trinajstić information content (AvgIpc) is 3.03. The maximum Gasteiger partial charge on any atom is 0.406 e. The minimum Gasteiger partial charge on any atom is -0.333 e. The number of piperazine rings is 1. The van der Waals surface area contributed by atoms with Crippen LogP contribution in [-0.4, -0.2) is 78.5 Å². The van der Waals surface area contributed by atoms with Gasteiger partial charge in [-0.15, -0.1) is 0 Å². The molecule has 0 aromatic heterocycles. The molecule has 2 amide bonds. The van der Waals surface area contributed by atoms with E-state index < -0.39 is 30.5 Å². The highest BCUT2D eigenvalue weighted by Crippen LogP contribution is 2.25. The van der Waals surface area contributed by atoms with Crippen molar-refractivity contribution in [1.82, 2.24) is 14.7 Å². The van der Waals surface area contributed by atoms with Gasteiger partial charge in [0.15, 0.2) is 0 Å². The minimum atomic E-state index is -4.46. The normalized spacial score (nSPS) is 21.6. The summed E-state index contributed by atoms with van der Waals surface area (Å²) in [5.74, 6) is -1.83. The molecule has 3 rings (SSSR count). The number of nitrogens with one attached hydrogen (secondary N) is 1. The predicted octanol–water partition coefficient (Wildman–Crippen LogP) is 2.17. The predicted molar refractivity (Wildman–Crippen MR) is 103 cm³/mol. The standard InChI is InChI=1S/C20H27F3N4O2/c1-2-25-7-9-26(10-8-25)12-15-3-5-17(6-4-15)24-19(29)16-11-18(28)27(13-16)14-20(21,22)23/h3-6,16H,2,7-14H2,1H3,(H,24,29)/t16-/m1/s1. The number of likely N-dealkylation sites (tertiary alicyclic amines) is 1. The second-order valence-corrected chi connectivity index (χ2v) is 7.69. The fraction of sp³-hybridized carbons (Fsp3) is 0.600. The smallest absolute Gasteiger partial charge is 0.333 e. The largest absolute Gasteiger partial charge is 0.406 e. The number of hydrogen-bond acceptors (Lipinski definition) is 4. The van der Waals surface area contributed by atoms with E-state index in [1.807, 2.05) is 12.1 Å². The third kappa shape index (κ3) is 6.17. The van der Waals surface area contributed by atoms with E-state index in [1.165, 1.54) is 0 Å². The first-order valence-electron chi connectivity index (χ1n) is 9.92. The molecule has 0 radical (unpaired) electrons. The first kappa shape index (κ1) is 21.6. The number of hydrogen-bond donors (Lipinski definition) is 1. The average molecular weight is 412 g/mol. The number of alkyl halides is 3. The van der Waals surface area contributed by atoms with E-state index in [9.17, 15) is 22.8 Å². The molecule has 1 N–H and O–H groups in total. The van der Waals surface area contributed by atoms with Crippen molar-refractivity contribution < 1.29 is 22.8 Å². The van der Waals surface area contributed by atoms with Gasteiger partial charge in [0.2, 0.25) is 11.8 Å². The van der Waals surface area contributed by atoms with Gasteiger partial charge < -0.3 is 15.1 Å². The van der Waals surface area contributed by atoms with Crippen LogP contribution in [0.4, 0.5) is 18.9 Å². The van der Waals surface area contributed by atoms with Gasteiger partial charge in [-0.3, -0.25) is 14.5 Å². The highest BCUT2D eigenvalue weighted by molar-refractivity contribution is 5.97. The van der Waals surface area contributed by atoms with E-state index in [0.29, 0.717) is 10.6 Å². The van der Waals surface area contributed by atoms with Crippen LogP contribution in [0.2, 0.25) is 0 Å². The summed E-state index contributed by atoms with van der Waals surface area (Å²) in [4.78, 5) is 29.6. The second kappa shape index (κ2) is 9.13. The monoisotopic (exact) mass is 412 g/mol. The molecule has 160 valence electrons. The fourth-order valence-electron chi connectivity index (χ4n) is 3.78. The maximum atomic E-state index is 12.5. The number of halogens is 3. The molecule has 29 heavy (non-hydrogen) atoms. The van der Waals surface area contributed by atoms with Crippen molar-refractivity contribution in [3.8, 4) is 0 Å². The molecule has 2 saturated heterocycles. The molecule has 2 aliphatic heterocycles. The third-order valence-electron chi connectivity index (χ3n) is 5.50. The van der Waals surface area contributed by atoms with Gasteiger partial charge in [-0.05, 0) is 24.2 Å². The lowest BCUT2D eigenvalue weighted by Crippen LogP contribution is -2.45. The van der Waals surface area contributed by atoms with Gasteiger partial charge in [-0.25, -0.2) is 0 Å². The van der Waals surface area contributed by atoms with Gasteiger partial charge in [-0.2, -0.15) is 13.2 Å². The summed E-state index contributed by atoms with van der Waals surface area (Å²) in [6, 6.07) is 7.47. The Kier molecular flexibility index (Phi) is 6.79. The molecule has 6 nitrogen and oxygen atoms in total. The first-order chi connectivity index (χ1) is 13.7. The van der Waals surface area contributed by atoms with Gasteiger partial charge in [0, 0.05) is 51.4 Å². The zero-order chi connectivity index (χ0) is 21.0. The maximum absolute atomic E-state index is 12.5. The van der Waals surface area contributed by atoms with Crippen molar-refractivity contribution in [1.29, 1.82) is 0 Å². The van der Waals surface area contributed by atoms with Gasteiger partial charge in [0.25, 0.3) is 0 Å². The Bertz CT molecular complexity index is 715. The highest BCUT2D eigenvalue weighted by atomic mass is 19.4. The Morgan fingerprint density at radius 1 is 1.10 bits per heavy atom.